The van der Waals surface area contributed by atoms with Gasteiger partial charge in [-0.3, -0.25) is 4.79 Å². The first-order chi connectivity index (χ1) is 7.11. The molecule has 0 spiro atoms. The highest BCUT2D eigenvalue weighted by molar-refractivity contribution is 5.81. The number of hydrogen-bond acceptors (Lipinski definition) is 4. The molecule has 1 aliphatic heterocycles. The average molecular weight is 216 g/mol. The first-order valence-electron chi connectivity index (χ1n) is 5.24. The Balaban J connectivity index is 2.48. The Morgan fingerprint density at radius 3 is 2.67 bits per heavy atom. The summed E-state index contributed by atoms with van der Waals surface area (Å²) >= 11 is 0. The van der Waals surface area contributed by atoms with Crippen molar-refractivity contribution in [2.45, 2.75) is 31.4 Å². The predicted octanol–water partition coefficient (Wildman–Crippen LogP) is -0.355. The summed E-state index contributed by atoms with van der Waals surface area (Å²) in [6.45, 7) is 3.61. The van der Waals surface area contributed by atoms with Crippen molar-refractivity contribution in [2.24, 2.45) is 5.73 Å². The second-order valence-electron chi connectivity index (χ2n) is 4.12. The minimum absolute atomic E-state index is 0.135. The van der Waals surface area contributed by atoms with Crippen LogP contribution in [0.2, 0.25) is 0 Å². The first kappa shape index (κ1) is 12.4. The number of rotatable bonds is 4. The molecular formula is C10H20N2O3. The molecule has 1 aliphatic rings. The van der Waals surface area contributed by atoms with Gasteiger partial charge < -0.3 is 20.5 Å². The van der Waals surface area contributed by atoms with E-state index in [1.54, 1.807) is 0 Å². The highest BCUT2D eigenvalue weighted by Crippen LogP contribution is 2.19. The molecule has 0 bridgehead atoms. The van der Waals surface area contributed by atoms with Crippen molar-refractivity contribution in [1.29, 1.82) is 0 Å². The molecule has 1 fully saturated rings. The Morgan fingerprint density at radius 1 is 1.60 bits per heavy atom. The quantitative estimate of drug-likeness (QED) is 0.673. The van der Waals surface area contributed by atoms with Gasteiger partial charge in [0.25, 0.3) is 5.91 Å². The molecule has 1 amide bonds. The monoisotopic (exact) mass is 216 g/mol. The molecule has 0 saturated carbocycles. The van der Waals surface area contributed by atoms with E-state index in [9.17, 15) is 4.79 Å². The zero-order valence-corrected chi connectivity index (χ0v) is 9.41. The summed E-state index contributed by atoms with van der Waals surface area (Å²) in [4.78, 5) is 11.7. The molecule has 1 saturated heterocycles. The summed E-state index contributed by atoms with van der Waals surface area (Å²) in [5.74, 6) is -0.135. The molecule has 3 N–H and O–H groups in total. The maximum atomic E-state index is 11.7. The average Bonchev–Trinajstić information content (AvgIpc) is 2.19. The van der Waals surface area contributed by atoms with Gasteiger partial charge in [-0.1, -0.05) is 0 Å². The molecule has 0 aromatic carbocycles. The fourth-order valence-corrected chi connectivity index (χ4v) is 1.64. The van der Waals surface area contributed by atoms with E-state index < -0.39 is 6.10 Å². The summed E-state index contributed by atoms with van der Waals surface area (Å²) in [6, 6.07) is 0. The van der Waals surface area contributed by atoms with Gasteiger partial charge in [0.2, 0.25) is 0 Å². The van der Waals surface area contributed by atoms with Crippen LogP contribution in [0, 0.1) is 0 Å². The number of methoxy groups -OCH3 is 1. The van der Waals surface area contributed by atoms with E-state index in [0.717, 1.165) is 12.8 Å². The maximum Gasteiger partial charge on any atom is 0.250 e. The Morgan fingerprint density at radius 2 is 2.20 bits per heavy atom. The third kappa shape index (κ3) is 3.44. The van der Waals surface area contributed by atoms with Crippen LogP contribution in [0.25, 0.3) is 0 Å². The molecule has 0 aliphatic carbocycles. The summed E-state index contributed by atoms with van der Waals surface area (Å²) < 4.78 is 10.2. The van der Waals surface area contributed by atoms with Gasteiger partial charge in [0.1, 0.15) is 6.10 Å². The van der Waals surface area contributed by atoms with E-state index in [4.69, 9.17) is 15.2 Å². The van der Waals surface area contributed by atoms with Crippen molar-refractivity contribution in [3.8, 4) is 0 Å². The number of hydrogen-bond donors (Lipinski definition) is 2. The van der Waals surface area contributed by atoms with Crippen LogP contribution in [0.5, 0.6) is 0 Å². The summed E-state index contributed by atoms with van der Waals surface area (Å²) in [6.07, 6.45) is 1.11. The normalized spacial score (nSPS) is 22.1. The van der Waals surface area contributed by atoms with Gasteiger partial charge in [-0.05, 0) is 19.8 Å². The lowest BCUT2D eigenvalue weighted by Gasteiger charge is -2.35. The second kappa shape index (κ2) is 5.44. The molecule has 5 nitrogen and oxygen atoms in total. The van der Waals surface area contributed by atoms with Crippen molar-refractivity contribution < 1.29 is 14.3 Å². The van der Waals surface area contributed by atoms with Crippen molar-refractivity contribution in [1.82, 2.24) is 5.32 Å². The zero-order chi connectivity index (χ0) is 11.3. The van der Waals surface area contributed by atoms with E-state index in [1.807, 2.05) is 6.92 Å². The predicted molar refractivity (Wildman–Crippen MR) is 56.5 cm³/mol. The molecule has 15 heavy (non-hydrogen) atoms. The lowest BCUT2D eigenvalue weighted by atomic mass is 9.92. The number of ether oxygens (including phenoxy) is 2. The van der Waals surface area contributed by atoms with Crippen molar-refractivity contribution in [3.63, 3.8) is 0 Å². The zero-order valence-electron chi connectivity index (χ0n) is 9.41. The third-order valence-corrected chi connectivity index (χ3v) is 2.81. The van der Waals surface area contributed by atoms with E-state index in [-0.39, 0.29) is 18.0 Å². The lowest BCUT2D eigenvalue weighted by molar-refractivity contribution is -0.133. The van der Waals surface area contributed by atoms with Crippen molar-refractivity contribution in [2.75, 3.05) is 26.9 Å². The molecule has 1 heterocycles. The molecule has 5 heteroatoms. The van der Waals surface area contributed by atoms with Crippen LogP contribution < -0.4 is 11.1 Å². The molecule has 1 atom stereocenters. The van der Waals surface area contributed by atoms with Gasteiger partial charge in [0, 0.05) is 32.4 Å². The SMILES string of the molecule is COC(CN)C(=O)NC1(C)CCOCC1. The van der Waals surface area contributed by atoms with E-state index in [0.29, 0.717) is 13.2 Å². The Kier molecular flexibility index (Phi) is 4.50. The maximum absolute atomic E-state index is 11.7. The third-order valence-electron chi connectivity index (χ3n) is 2.81. The van der Waals surface area contributed by atoms with Crippen LogP contribution in [-0.4, -0.2) is 44.4 Å². The van der Waals surface area contributed by atoms with Gasteiger partial charge in [-0.15, -0.1) is 0 Å². The molecule has 1 unspecified atom stereocenters. The smallest absolute Gasteiger partial charge is 0.250 e. The van der Waals surface area contributed by atoms with Gasteiger partial charge in [-0.25, -0.2) is 0 Å². The second-order valence-corrected chi connectivity index (χ2v) is 4.12. The topological polar surface area (TPSA) is 73.6 Å². The lowest BCUT2D eigenvalue weighted by Crippen LogP contribution is -2.54. The molecule has 0 aromatic heterocycles. The summed E-state index contributed by atoms with van der Waals surface area (Å²) in [5, 5.41) is 2.97. The van der Waals surface area contributed by atoms with Crippen LogP contribution in [-0.2, 0) is 14.3 Å². The largest absolute Gasteiger partial charge is 0.381 e. The highest BCUT2D eigenvalue weighted by Gasteiger charge is 2.31. The fourth-order valence-electron chi connectivity index (χ4n) is 1.64. The molecule has 1 rings (SSSR count). The molecule has 0 radical (unpaired) electrons. The molecular weight excluding hydrogens is 196 g/mol. The van der Waals surface area contributed by atoms with Crippen molar-refractivity contribution in [3.05, 3.63) is 0 Å². The van der Waals surface area contributed by atoms with Gasteiger partial charge in [-0.2, -0.15) is 0 Å². The standard InChI is InChI=1S/C10H20N2O3/c1-10(3-5-15-6-4-10)12-9(13)8(7-11)14-2/h8H,3-7,11H2,1-2H3,(H,12,13). The summed E-state index contributed by atoms with van der Waals surface area (Å²) in [7, 11) is 1.49. The first-order valence-corrected chi connectivity index (χ1v) is 5.24. The van der Waals surface area contributed by atoms with Gasteiger partial charge in [0.05, 0.1) is 0 Å². The summed E-state index contributed by atoms with van der Waals surface area (Å²) in [5.41, 5.74) is 5.24. The van der Waals surface area contributed by atoms with Crippen LogP contribution in [0.1, 0.15) is 19.8 Å². The fraction of sp³-hybridized carbons (Fsp3) is 0.900. The minimum Gasteiger partial charge on any atom is -0.381 e. The number of carbonyl (C=O) groups excluding carboxylic acids is 1. The Labute approximate surface area is 90.3 Å². The number of carbonyl (C=O) groups is 1. The minimum atomic E-state index is -0.551. The van der Waals surface area contributed by atoms with Crippen molar-refractivity contribution >= 4 is 5.91 Å². The van der Waals surface area contributed by atoms with Gasteiger partial charge in [0.15, 0.2) is 0 Å². The van der Waals surface area contributed by atoms with E-state index >= 15 is 0 Å². The number of nitrogens with two attached hydrogens (primary N) is 1. The van der Waals surface area contributed by atoms with Crippen LogP contribution in [0.4, 0.5) is 0 Å². The highest BCUT2D eigenvalue weighted by atomic mass is 16.5. The molecule has 88 valence electrons. The van der Waals surface area contributed by atoms with E-state index in [1.165, 1.54) is 7.11 Å². The van der Waals surface area contributed by atoms with Gasteiger partial charge >= 0.3 is 0 Å². The molecule has 0 aromatic rings. The Hall–Kier alpha value is -0.650. The Bertz CT molecular complexity index is 211. The van der Waals surface area contributed by atoms with Crippen LogP contribution in [0.3, 0.4) is 0 Å². The van der Waals surface area contributed by atoms with E-state index in [2.05, 4.69) is 5.32 Å². The van der Waals surface area contributed by atoms with Crippen LogP contribution in [0.15, 0.2) is 0 Å². The number of amides is 1. The van der Waals surface area contributed by atoms with Crippen LogP contribution >= 0.6 is 0 Å². The number of nitrogens with one attached hydrogen (secondary N) is 1.